The molecule has 20 heavy (non-hydrogen) atoms. The molecule has 0 saturated heterocycles. The SMILES string of the molecule is CSc1nc(Br)c2c(C)cc(=O)n(C3CCCC3)c2n1. The molecule has 2 heterocycles. The normalized spacial score (nSPS) is 16.1. The predicted molar refractivity (Wildman–Crippen MR) is 85.5 cm³/mol. The Morgan fingerprint density at radius 1 is 1.35 bits per heavy atom. The Morgan fingerprint density at radius 3 is 2.70 bits per heavy atom. The number of nitrogens with zero attached hydrogens (tertiary/aromatic N) is 3. The number of pyridine rings is 1. The van der Waals surface area contributed by atoms with Crippen molar-refractivity contribution in [3.05, 3.63) is 26.6 Å². The number of hydrogen-bond acceptors (Lipinski definition) is 4. The average Bonchev–Trinajstić information content (AvgIpc) is 2.91. The maximum atomic E-state index is 12.4. The second-order valence-electron chi connectivity index (χ2n) is 5.17. The molecule has 1 saturated carbocycles. The summed E-state index contributed by atoms with van der Waals surface area (Å²) in [6.07, 6.45) is 6.45. The summed E-state index contributed by atoms with van der Waals surface area (Å²) in [7, 11) is 0. The van der Waals surface area contributed by atoms with Gasteiger partial charge in [-0.2, -0.15) is 0 Å². The van der Waals surface area contributed by atoms with Gasteiger partial charge in [-0.25, -0.2) is 9.97 Å². The number of aromatic nitrogens is 3. The molecule has 2 aromatic rings. The molecule has 0 radical (unpaired) electrons. The van der Waals surface area contributed by atoms with Crippen LogP contribution in [0, 0.1) is 6.92 Å². The van der Waals surface area contributed by atoms with E-state index in [0.29, 0.717) is 5.16 Å². The minimum Gasteiger partial charge on any atom is -0.289 e. The third kappa shape index (κ3) is 2.29. The lowest BCUT2D eigenvalue weighted by molar-refractivity contribution is 0.514. The summed E-state index contributed by atoms with van der Waals surface area (Å²) < 4.78 is 2.65. The van der Waals surface area contributed by atoms with Crippen molar-refractivity contribution in [1.29, 1.82) is 0 Å². The molecule has 2 aromatic heterocycles. The van der Waals surface area contributed by atoms with Gasteiger partial charge in [0.2, 0.25) is 0 Å². The van der Waals surface area contributed by atoms with Gasteiger partial charge in [0.15, 0.2) is 5.16 Å². The van der Waals surface area contributed by atoms with E-state index >= 15 is 0 Å². The Labute approximate surface area is 130 Å². The number of fused-ring (bicyclic) bond motifs is 1. The molecular formula is C14H16BrN3OS. The van der Waals surface area contributed by atoms with Crippen molar-refractivity contribution in [2.45, 2.75) is 43.8 Å². The molecule has 1 aliphatic rings. The molecule has 3 rings (SSSR count). The number of aryl methyl sites for hydroxylation is 1. The molecule has 1 aliphatic carbocycles. The highest BCUT2D eigenvalue weighted by atomic mass is 79.9. The number of rotatable bonds is 2. The maximum absolute atomic E-state index is 12.4. The van der Waals surface area contributed by atoms with Crippen molar-refractivity contribution in [2.24, 2.45) is 0 Å². The quantitative estimate of drug-likeness (QED) is 0.469. The van der Waals surface area contributed by atoms with E-state index in [1.807, 2.05) is 17.7 Å². The molecule has 6 heteroatoms. The molecule has 0 bridgehead atoms. The molecule has 0 atom stereocenters. The van der Waals surface area contributed by atoms with E-state index < -0.39 is 0 Å². The Hall–Kier alpha value is -0.880. The van der Waals surface area contributed by atoms with E-state index in [0.717, 1.165) is 34.0 Å². The molecule has 0 aliphatic heterocycles. The van der Waals surface area contributed by atoms with Crippen LogP contribution < -0.4 is 5.56 Å². The van der Waals surface area contributed by atoms with Crippen LogP contribution in [-0.2, 0) is 0 Å². The molecule has 0 N–H and O–H groups in total. The van der Waals surface area contributed by atoms with E-state index in [2.05, 4.69) is 25.9 Å². The third-order valence-electron chi connectivity index (χ3n) is 3.90. The van der Waals surface area contributed by atoms with Gasteiger partial charge in [0.05, 0.1) is 5.39 Å². The maximum Gasteiger partial charge on any atom is 0.252 e. The van der Waals surface area contributed by atoms with Crippen LogP contribution in [0.15, 0.2) is 20.6 Å². The van der Waals surface area contributed by atoms with Crippen LogP contribution in [0.3, 0.4) is 0 Å². The summed E-state index contributed by atoms with van der Waals surface area (Å²) >= 11 is 5.02. The molecule has 0 unspecified atom stereocenters. The zero-order valence-corrected chi connectivity index (χ0v) is 13.9. The van der Waals surface area contributed by atoms with Crippen LogP contribution in [0.5, 0.6) is 0 Å². The highest BCUT2D eigenvalue weighted by Crippen LogP contribution is 2.33. The van der Waals surface area contributed by atoms with Gasteiger partial charge >= 0.3 is 0 Å². The predicted octanol–water partition coefficient (Wildman–Crippen LogP) is 3.70. The molecule has 106 valence electrons. The van der Waals surface area contributed by atoms with Crippen LogP contribution >= 0.6 is 27.7 Å². The highest BCUT2D eigenvalue weighted by Gasteiger charge is 2.22. The van der Waals surface area contributed by atoms with Gasteiger partial charge in [-0.05, 0) is 47.5 Å². The smallest absolute Gasteiger partial charge is 0.252 e. The third-order valence-corrected chi connectivity index (χ3v) is 5.02. The minimum absolute atomic E-state index is 0.0551. The number of halogens is 1. The van der Waals surface area contributed by atoms with E-state index in [1.54, 1.807) is 6.07 Å². The largest absolute Gasteiger partial charge is 0.289 e. The van der Waals surface area contributed by atoms with Crippen LogP contribution in [-0.4, -0.2) is 20.8 Å². The first-order chi connectivity index (χ1) is 9.61. The van der Waals surface area contributed by atoms with E-state index in [4.69, 9.17) is 0 Å². The first-order valence-electron chi connectivity index (χ1n) is 6.75. The molecule has 1 fully saturated rings. The second kappa shape index (κ2) is 5.48. The second-order valence-corrected chi connectivity index (χ2v) is 6.70. The van der Waals surface area contributed by atoms with Gasteiger partial charge < -0.3 is 0 Å². The summed E-state index contributed by atoms with van der Waals surface area (Å²) in [5.41, 5.74) is 1.76. The van der Waals surface area contributed by atoms with Crippen molar-refractivity contribution < 1.29 is 0 Å². The fourth-order valence-corrected chi connectivity index (χ4v) is 4.09. The zero-order chi connectivity index (χ0) is 14.3. The zero-order valence-electron chi connectivity index (χ0n) is 11.5. The number of thioether (sulfide) groups is 1. The van der Waals surface area contributed by atoms with Crippen molar-refractivity contribution in [3.63, 3.8) is 0 Å². The molecular weight excluding hydrogens is 338 g/mol. The number of hydrogen-bond donors (Lipinski definition) is 0. The summed E-state index contributed by atoms with van der Waals surface area (Å²) in [6, 6.07) is 1.98. The summed E-state index contributed by atoms with van der Waals surface area (Å²) in [5, 5.41) is 1.65. The summed E-state index contributed by atoms with van der Waals surface area (Å²) in [4.78, 5) is 21.5. The molecule has 0 spiro atoms. The topological polar surface area (TPSA) is 47.8 Å². The standard InChI is InChI=1S/C14H16BrN3OS/c1-8-7-10(19)18(9-5-3-4-6-9)13-11(8)12(15)16-14(17-13)20-2/h7,9H,3-6H2,1-2H3. The first-order valence-corrected chi connectivity index (χ1v) is 8.77. The van der Waals surface area contributed by atoms with E-state index in [9.17, 15) is 4.79 Å². The lowest BCUT2D eigenvalue weighted by atomic mass is 10.1. The van der Waals surface area contributed by atoms with Crippen molar-refractivity contribution in [2.75, 3.05) is 6.26 Å². The lowest BCUT2D eigenvalue weighted by Gasteiger charge is -2.17. The van der Waals surface area contributed by atoms with Crippen LogP contribution in [0.1, 0.15) is 37.3 Å². The molecule has 0 aromatic carbocycles. The Morgan fingerprint density at radius 2 is 2.05 bits per heavy atom. The molecule has 4 nitrogen and oxygen atoms in total. The summed E-state index contributed by atoms with van der Waals surface area (Å²) in [6.45, 7) is 1.94. The van der Waals surface area contributed by atoms with E-state index in [-0.39, 0.29) is 11.6 Å². The Bertz CT molecular complexity index is 722. The van der Waals surface area contributed by atoms with Gasteiger partial charge in [0.25, 0.3) is 5.56 Å². The fourth-order valence-electron chi connectivity index (χ4n) is 2.95. The van der Waals surface area contributed by atoms with Crippen molar-refractivity contribution in [3.8, 4) is 0 Å². The average molecular weight is 354 g/mol. The minimum atomic E-state index is 0.0551. The van der Waals surface area contributed by atoms with Crippen molar-refractivity contribution >= 4 is 38.7 Å². The Balaban J connectivity index is 2.37. The fraction of sp³-hybridized carbons (Fsp3) is 0.500. The van der Waals surface area contributed by atoms with Crippen LogP contribution in [0.25, 0.3) is 11.0 Å². The Kier molecular flexibility index (Phi) is 3.86. The lowest BCUT2D eigenvalue weighted by Crippen LogP contribution is -2.24. The van der Waals surface area contributed by atoms with Gasteiger partial charge in [0, 0.05) is 12.1 Å². The highest BCUT2D eigenvalue weighted by molar-refractivity contribution is 9.10. The summed E-state index contributed by atoms with van der Waals surface area (Å²) in [5.74, 6) is 0. The van der Waals surface area contributed by atoms with Crippen LogP contribution in [0.4, 0.5) is 0 Å². The van der Waals surface area contributed by atoms with Gasteiger partial charge in [-0.1, -0.05) is 24.6 Å². The van der Waals surface area contributed by atoms with Crippen LogP contribution in [0.2, 0.25) is 0 Å². The van der Waals surface area contributed by atoms with Gasteiger partial charge in [-0.15, -0.1) is 0 Å². The van der Waals surface area contributed by atoms with Gasteiger partial charge in [-0.3, -0.25) is 9.36 Å². The first kappa shape index (κ1) is 14.1. The molecule has 0 amide bonds. The van der Waals surface area contributed by atoms with Gasteiger partial charge in [0.1, 0.15) is 10.3 Å². The van der Waals surface area contributed by atoms with Crippen molar-refractivity contribution in [1.82, 2.24) is 14.5 Å². The van der Waals surface area contributed by atoms with E-state index in [1.165, 1.54) is 24.6 Å². The monoisotopic (exact) mass is 353 g/mol.